The monoisotopic (exact) mass is 202 g/mol. The summed E-state index contributed by atoms with van der Waals surface area (Å²) in [6, 6.07) is 0. The van der Waals surface area contributed by atoms with E-state index in [1.54, 1.807) is 0 Å². The van der Waals surface area contributed by atoms with Gasteiger partial charge in [0.1, 0.15) is 0 Å². The van der Waals surface area contributed by atoms with Crippen LogP contribution in [0.25, 0.3) is 0 Å². The average Bonchev–Trinajstić information content (AvgIpc) is 2.95. The molecule has 2 unspecified atom stereocenters. The maximum Gasteiger partial charge on any atom is -0.00271 e. The van der Waals surface area contributed by atoms with Gasteiger partial charge in [-0.15, -0.1) is 0 Å². The summed E-state index contributed by atoms with van der Waals surface area (Å²) < 4.78 is 0. The lowest BCUT2D eigenvalue weighted by atomic mass is 9.79. The van der Waals surface area contributed by atoms with Crippen molar-refractivity contribution in [1.82, 2.24) is 0 Å². The Kier molecular flexibility index (Phi) is 2.62. The summed E-state index contributed by atoms with van der Waals surface area (Å²) in [5.41, 5.74) is 3.24. The average molecular weight is 202 g/mol. The van der Waals surface area contributed by atoms with Gasteiger partial charge < -0.3 is 0 Å². The van der Waals surface area contributed by atoms with Gasteiger partial charge in [0.15, 0.2) is 0 Å². The predicted octanol–water partition coefficient (Wildman–Crippen LogP) is 4.50. The molecule has 0 aromatic carbocycles. The van der Waals surface area contributed by atoms with Crippen LogP contribution < -0.4 is 0 Å². The van der Waals surface area contributed by atoms with Gasteiger partial charge in [-0.2, -0.15) is 0 Å². The third-order valence-corrected chi connectivity index (χ3v) is 4.39. The van der Waals surface area contributed by atoms with Crippen molar-refractivity contribution in [2.45, 2.75) is 39.5 Å². The van der Waals surface area contributed by atoms with Crippen LogP contribution in [-0.4, -0.2) is 0 Å². The van der Waals surface area contributed by atoms with Crippen molar-refractivity contribution in [3.05, 3.63) is 36.5 Å². The molecule has 1 fully saturated rings. The van der Waals surface area contributed by atoms with Gasteiger partial charge in [-0.3, -0.25) is 0 Å². The predicted molar refractivity (Wildman–Crippen MR) is 66.6 cm³/mol. The molecule has 0 amide bonds. The van der Waals surface area contributed by atoms with Crippen LogP contribution in [0.1, 0.15) is 39.5 Å². The molecule has 0 radical (unpaired) electrons. The van der Waals surface area contributed by atoms with E-state index in [4.69, 9.17) is 0 Å². The van der Waals surface area contributed by atoms with Gasteiger partial charge >= 0.3 is 0 Å². The van der Waals surface area contributed by atoms with Gasteiger partial charge in [-0.05, 0) is 49.9 Å². The Balaban J connectivity index is 2.17. The molecule has 0 heteroatoms. The Hall–Kier alpha value is -0.780. The summed E-state index contributed by atoms with van der Waals surface area (Å²) in [5.74, 6) is 1.33. The van der Waals surface area contributed by atoms with Crippen LogP contribution in [-0.2, 0) is 0 Å². The largest absolute Gasteiger partial charge is 0.0996 e. The van der Waals surface area contributed by atoms with E-state index >= 15 is 0 Å². The lowest BCUT2D eigenvalue weighted by molar-refractivity contribution is 0.423. The first-order valence-corrected chi connectivity index (χ1v) is 6.06. The number of hydrogen-bond donors (Lipinski definition) is 0. The van der Waals surface area contributed by atoms with Crippen LogP contribution in [0.3, 0.4) is 0 Å². The van der Waals surface area contributed by atoms with E-state index in [1.807, 2.05) is 0 Å². The van der Waals surface area contributed by atoms with Gasteiger partial charge in [-0.1, -0.05) is 43.4 Å². The molecule has 0 aromatic rings. The third kappa shape index (κ3) is 1.82. The summed E-state index contributed by atoms with van der Waals surface area (Å²) in [4.78, 5) is 0. The van der Waals surface area contributed by atoms with Crippen LogP contribution in [0.2, 0.25) is 0 Å². The Bertz CT molecular complexity index is 315. The Labute approximate surface area is 93.8 Å². The van der Waals surface area contributed by atoms with Gasteiger partial charge in [-0.25, -0.2) is 0 Å². The highest BCUT2D eigenvalue weighted by Gasteiger charge is 2.48. The number of allylic oxidation sites excluding steroid dienone is 4. The van der Waals surface area contributed by atoms with Crippen molar-refractivity contribution in [2.75, 3.05) is 0 Å². The molecule has 2 rings (SSSR count). The first-order chi connectivity index (χ1) is 7.06. The molecule has 0 heterocycles. The van der Waals surface area contributed by atoms with E-state index in [0.29, 0.717) is 17.3 Å². The smallest absolute Gasteiger partial charge is 0.00271 e. The van der Waals surface area contributed by atoms with E-state index in [-0.39, 0.29) is 0 Å². The molecule has 0 spiro atoms. The maximum absolute atomic E-state index is 4.24. The topological polar surface area (TPSA) is 0 Å². The third-order valence-electron chi connectivity index (χ3n) is 4.39. The van der Waals surface area contributed by atoms with Gasteiger partial charge in [0.25, 0.3) is 0 Å². The minimum Gasteiger partial charge on any atom is -0.0996 e. The molecule has 15 heavy (non-hydrogen) atoms. The van der Waals surface area contributed by atoms with E-state index in [0.717, 1.165) is 0 Å². The first-order valence-electron chi connectivity index (χ1n) is 6.06. The van der Waals surface area contributed by atoms with Crippen LogP contribution in [0.4, 0.5) is 0 Å². The van der Waals surface area contributed by atoms with Crippen LogP contribution in [0.5, 0.6) is 0 Å². The second-order valence-corrected chi connectivity index (χ2v) is 5.47. The lowest BCUT2D eigenvalue weighted by Gasteiger charge is -2.25. The Morgan fingerprint density at radius 2 is 2.13 bits per heavy atom. The van der Waals surface area contributed by atoms with Crippen LogP contribution in [0, 0.1) is 17.3 Å². The fourth-order valence-corrected chi connectivity index (χ4v) is 2.79. The quantitative estimate of drug-likeness (QED) is 0.578. The number of rotatable bonds is 2. The SMILES string of the molecule is C=C1CC(C2(C(=C)C)CC2)C=CCC1C. The second-order valence-electron chi connectivity index (χ2n) is 5.47. The van der Waals surface area contributed by atoms with Crippen molar-refractivity contribution in [3.8, 4) is 0 Å². The van der Waals surface area contributed by atoms with Crippen molar-refractivity contribution in [1.29, 1.82) is 0 Å². The fraction of sp³-hybridized carbons (Fsp3) is 0.600. The summed E-state index contributed by atoms with van der Waals surface area (Å²) in [6.07, 6.45) is 9.79. The standard InChI is InChI=1S/C15H22/c1-11(2)15(8-9-15)14-7-5-6-12(3)13(4)10-14/h5,7,12,14H,1,4,6,8-10H2,2-3H3. The summed E-state index contributed by atoms with van der Waals surface area (Å²) in [5, 5.41) is 0. The van der Waals surface area contributed by atoms with Crippen molar-refractivity contribution in [3.63, 3.8) is 0 Å². The fourth-order valence-electron chi connectivity index (χ4n) is 2.79. The van der Waals surface area contributed by atoms with Crippen LogP contribution >= 0.6 is 0 Å². The molecule has 1 saturated carbocycles. The zero-order valence-electron chi connectivity index (χ0n) is 10.1. The summed E-state index contributed by atoms with van der Waals surface area (Å²) in [6.45, 7) is 12.9. The molecule has 0 aliphatic heterocycles. The highest BCUT2D eigenvalue weighted by molar-refractivity contribution is 5.25. The van der Waals surface area contributed by atoms with Gasteiger partial charge in [0.2, 0.25) is 0 Å². The second kappa shape index (κ2) is 3.66. The van der Waals surface area contributed by atoms with E-state index in [2.05, 4.69) is 39.2 Å². The molecule has 2 aliphatic rings. The lowest BCUT2D eigenvalue weighted by Crippen LogP contribution is -2.15. The zero-order chi connectivity index (χ0) is 11.1. The minimum atomic E-state index is 0.434. The molecular weight excluding hydrogens is 180 g/mol. The molecule has 2 atom stereocenters. The minimum absolute atomic E-state index is 0.434. The zero-order valence-corrected chi connectivity index (χ0v) is 10.1. The Morgan fingerprint density at radius 3 is 2.67 bits per heavy atom. The molecule has 0 nitrogen and oxygen atoms in total. The van der Waals surface area contributed by atoms with Crippen molar-refractivity contribution >= 4 is 0 Å². The molecule has 82 valence electrons. The van der Waals surface area contributed by atoms with Gasteiger partial charge in [0, 0.05) is 0 Å². The molecule has 0 saturated heterocycles. The highest BCUT2D eigenvalue weighted by Crippen LogP contribution is 2.59. The van der Waals surface area contributed by atoms with Gasteiger partial charge in [0.05, 0.1) is 0 Å². The van der Waals surface area contributed by atoms with Crippen molar-refractivity contribution in [2.24, 2.45) is 17.3 Å². The molecule has 0 bridgehead atoms. The van der Waals surface area contributed by atoms with Crippen LogP contribution in [0.15, 0.2) is 36.5 Å². The Morgan fingerprint density at radius 1 is 1.47 bits per heavy atom. The normalized spacial score (nSPS) is 33.6. The molecule has 2 aliphatic carbocycles. The highest BCUT2D eigenvalue weighted by atomic mass is 14.5. The van der Waals surface area contributed by atoms with E-state index < -0.39 is 0 Å². The molecule has 0 N–H and O–H groups in total. The van der Waals surface area contributed by atoms with E-state index in [9.17, 15) is 0 Å². The number of hydrogen-bond acceptors (Lipinski definition) is 0. The summed E-state index contributed by atoms with van der Waals surface area (Å²) in [7, 11) is 0. The summed E-state index contributed by atoms with van der Waals surface area (Å²) >= 11 is 0. The molecule has 0 aromatic heterocycles. The molecular formula is C15H22. The first kappa shape index (κ1) is 10.7. The van der Waals surface area contributed by atoms with Crippen molar-refractivity contribution < 1.29 is 0 Å². The van der Waals surface area contributed by atoms with E-state index in [1.165, 1.54) is 36.8 Å². The maximum atomic E-state index is 4.24.